The Labute approximate surface area is 107 Å². The third-order valence-electron chi connectivity index (χ3n) is 2.98. The van der Waals surface area contributed by atoms with Crippen molar-refractivity contribution in [3.8, 4) is 11.8 Å². The molecule has 0 amide bonds. The number of thiophene rings is 1. The highest BCUT2D eigenvalue weighted by Gasteiger charge is 2.13. The van der Waals surface area contributed by atoms with Gasteiger partial charge in [0.15, 0.2) is 0 Å². The van der Waals surface area contributed by atoms with Gasteiger partial charge in [0.25, 0.3) is 0 Å². The van der Waals surface area contributed by atoms with Crippen LogP contribution in [0.1, 0.15) is 42.5 Å². The Kier molecular flexibility index (Phi) is 5.06. The summed E-state index contributed by atoms with van der Waals surface area (Å²) < 4.78 is 5.90. The molecule has 1 aliphatic rings. The minimum absolute atomic E-state index is 0.0796. The van der Waals surface area contributed by atoms with Crippen molar-refractivity contribution in [3.63, 3.8) is 0 Å². The molecule has 0 radical (unpaired) electrons. The van der Waals surface area contributed by atoms with Gasteiger partial charge < -0.3 is 9.84 Å². The molecule has 92 valence electrons. The average molecular weight is 250 g/mol. The van der Waals surface area contributed by atoms with Gasteiger partial charge in [-0.3, -0.25) is 0 Å². The van der Waals surface area contributed by atoms with Gasteiger partial charge in [-0.25, -0.2) is 0 Å². The van der Waals surface area contributed by atoms with Crippen LogP contribution in [-0.2, 0) is 11.3 Å². The van der Waals surface area contributed by atoms with Gasteiger partial charge in [0.05, 0.1) is 12.7 Å². The zero-order valence-corrected chi connectivity index (χ0v) is 10.8. The molecular formula is C14H18O2S. The summed E-state index contributed by atoms with van der Waals surface area (Å²) in [5.74, 6) is 5.56. The third kappa shape index (κ3) is 4.16. The summed E-state index contributed by atoms with van der Waals surface area (Å²) in [6, 6.07) is 2.05. The molecule has 2 rings (SSSR count). The van der Waals surface area contributed by atoms with E-state index in [1.165, 1.54) is 37.0 Å². The highest BCUT2D eigenvalue weighted by Crippen LogP contribution is 2.23. The predicted octanol–water partition coefficient (Wildman–Crippen LogP) is 2.94. The molecule has 3 heteroatoms. The van der Waals surface area contributed by atoms with Crippen LogP contribution < -0.4 is 0 Å². The van der Waals surface area contributed by atoms with Gasteiger partial charge in [-0.1, -0.05) is 31.1 Å². The molecule has 1 N–H and O–H groups in total. The Morgan fingerprint density at radius 3 is 2.94 bits per heavy atom. The maximum Gasteiger partial charge on any atom is 0.104 e. The molecule has 1 heterocycles. The van der Waals surface area contributed by atoms with Crippen LogP contribution in [0, 0.1) is 11.8 Å². The SMILES string of the molecule is OCC#Cc1csc(COC2CCCCC2)c1. The van der Waals surface area contributed by atoms with Crippen molar-refractivity contribution < 1.29 is 9.84 Å². The van der Waals surface area contributed by atoms with E-state index in [0.717, 1.165) is 5.56 Å². The van der Waals surface area contributed by atoms with E-state index in [1.807, 2.05) is 5.38 Å². The monoisotopic (exact) mass is 250 g/mol. The second-order valence-corrected chi connectivity index (χ2v) is 5.33. The van der Waals surface area contributed by atoms with Crippen LogP contribution in [0.4, 0.5) is 0 Å². The highest BCUT2D eigenvalue weighted by atomic mass is 32.1. The van der Waals surface area contributed by atoms with Gasteiger partial charge in [0, 0.05) is 15.8 Å². The summed E-state index contributed by atoms with van der Waals surface area (Å²) in [6.07, 6.45) is 6.85. The van der Waals surface area contributed by atoms with Gasteiger partial charge in [0.2, 0.25) is 0 Å². The van der Waals surface area contributed by atoms with Crippen molar-refractivity contribution in [1.29, 1.82) is 0 Å². The molecule has 0 atom stereocenters. The van der Waals surface area contributed by atoms with E-state index in [-0.39, 0.29) is 6.61 Å². The molecule has 0 aliphatic heterocycles. The first kappa shape index (κ1) is 12.6. The first-order valence-corrected chi connectivity index (χ1v) is 7.05. The normalized spacial score (nSPS) is 16.5. The number of aliphatic hydroxyl groups excluding tert-OH is 1. The third-order valence-corrected chi connectivity index (χ3v) is 3.89. The molecule has 2 nitrogen and oxygen atoms in total. The van der Waals surface area contributed by atoms with E-state index < -0.39 is 0 Å². The van der Waals surface area contributed by atoms with Gasteiger partial charge >= 0.3 is 0 Å². The van der Waals surface area contributed by atoms with E-state index in [4.69, 9.17) is 9.84 Å². The zero-order chi connectivity index (χ0) is 11.9. The quantitative estimate of drug-likeness (QED) is 0.836. The lowest BCUT2D eigenvalue weighted by atomic mass is 9.98. The van der Waals surface area contributed by atoms with Crippen LogP contribution in [0.15, 0.2) is 11.4 Å². The lowest BCUT2D eigenvalue weighted by molar-refractivity contribution is 0.0182. The van der Waals surface area contributed by atoms with Crippen molar-refractivity contribution in [3.05, 3.63) is 21.9 Å². The summed E-state index contributed by atoms with van der Waals surface area (Å²) in [4.78, 5) is 1.22. The maximum absolute atomic E-state index is 8.61. The molecule has 1 fully saturated rings. The van der Waals surface area contributed by atoms with Gasteiger partial charge in [-0.2, -0.15) is 0 Å². The Hall–Kier alpha value is -0.820. The molecule has 17 heavy (non-hydrogen) atoms. The molecule has 1 saturated carbocycles. The second kappa shape index (κ2) is 6.80. The smallest absolute Gasteiger partial charge is 0.104 e. The van der Waals surface area contributed by atoms with Crippen molar-refractivity contribution in [2.24, 2.45) is 0 Å². The number of hydrogen-bond donors (Lipinski definition) is 1. The van der Waals surface area contributed by atoms with E-state index in [1.54, 1.807) is 11.3 Å². The standard InChI is InChI=1S/C14H18O2S/c15-8-4-5-12-9-14(17-11-12)10-16-13-6-2-1-3-7-13/h9,11,13,15H,1-3,6-8,10H2. The summed E-state index contributed by atoms with van der Waals surface area (Å²) in [5, 5.41) is 10.6. The van der Waals surface area contributed by atoms with E-state index >= 15 is 0 Å². The fraction of sp³-hybridized carbons (Fsp3) is 0.571. The van der Waals surface area contributed by atoms with E-state index in [2.05, 4.69) is 17.9 Å². The molecule has 1 aromatic heterocycles. The number of ether oxygens (including phenoxy) is 1. The minimum Gasteiger partial charge on any atom is -0.384 e. The summed E-state index contributed by atoms with van der Waals surface area (Å²) >= 11 is 1.68. The topological polar surface area (TPSA) is 29.5 Å². The molecule has 0 unspecified atom stereocenters. The van der Waals surface area contributed by atoms with Crippen LogP contribution >= 0.6 is 11.3 Å². The van der Waals surface area contributed by atoms with Crippen LogP contribution in [0.3, 0.4) is 0 Å². The van der Waals surface area contributed by atoms with Crippen LogP contribution in [0.25, 0.3) is 0 Å². The average Bonchev–Trinajstić information content (AvgIpc) is 2.83. The lowest BCUT2D eigenvalue weighted by Gasteiger charge is -2.21. The van der Waals surface area contributed by atoms with Crippen LogP contribution in [0.2, 0.25) is 0 Å². The van der Waals surface area contributed by atoms with Crippen molar-refractivity contribution >= 4 is 11.3 Å². The molecule has 0 saturated heterocycles. The summed E-state index contributed by atoms with van der Waals surface area (Å²) in [6.45, 7) is 0.625. The zero-order valence-electron chi connectivity index (χ0n) is 9.95. The summed E-state index contributed by atoms with van der Waals surface area (Å²) in [7, 11) is 0. The Morgan fingerprint density at radius 1 is 1.35 bits per heavy atom. The largest absolute Gasteiger partial charge is 0.384 e. The van der Waals surface area contributed by atoms with Crippen LogP contribution in [-0.4, -0.2) is 17.8 Å². The van der Waals surface area contributed by atoms with Gasteiger partial charge in [-0.05, 0) is 18.9 Å². The molecule has 0 spiro atoms. The van der Waals surface area contributed by atoms with Crippen molar-refractivity contribution in [1.82, 2.24) is 0 Å². The van der Waals surface area contributed by atoms with Crippen molar-refractivity contribution in [2.75, 3.05) is 6.61 Å². The molecule has 1 aliphatic carbocycles. The maximum atomic E-state index is 8.61. The molecule has 0 bridgehead atoms. The van der Waals surface area contributed by atoms with Crippen LogP contribution in [0.5, 0.6) is 0 Å². The molecule has 0 aromatic carbocycles. The fourth-order valence-corrected chi connectivity index (χ4v) is 2.83. The Balaban J connectivity index is 1.80. The number of hydrogen-bond acceptors (Lipinski definition) is 3. The minimum atomic E-state index is -0.0796. The molecular weight excluding hydrogens is 232 g/mol. The lowest BCUT2D eigenvalue weighted by Crippen LogP contribution is -2.15. The number of aliphatic hydroxyl groups is 1. The van der Waals surface area contributed by atoms with Crippen molar-refractivity contribution in [2.45, 2.75) is 44.8 Å². The Morgan fingerprint density at radius 2 is 2.18 bits per heavy atom. The number of rotatable bonds is 3. The highest BCUT2D eigenvalue weighted by molar-refractivity contribution is 7.10. The fourth-order valence-electron chi connectivity index (χ4n) is 2.10. The van der Waals surface area contributed by atoms with E-state index in [0.29, 0.717) is 12.7 Å². The van der Waals surface area contributed by atoms with Gasteiger partial charge in [-0.15, -0.1) is 11.3 Å². The Bertz CT molecular complexity index is 394. The van der Waals surface area contributed by atoms with E-state index in [9.17, 15) is 0 Å². The first-order valence-electron chi connectivity index (χ1n) is 6.17. The second-order valence-electron chi connectivity index (χ2n) is 4.33. The predicted molar refractivity (Wildman–Crippen MR) is 69.9 cm³/mol. The summed E-state index contributed by atoms with van der Waals surface area (Å²) in [5.41, 5.74) is 0.978. The molecule has 1 aromatic rings. The van der Waals surface area contributed by atoms with Gasteiger partial charge in [0.1, 0.15) is 6.61 Å². The first-order chi connectivity index (χ1) is 8.38.